The summed E-state index contributed by atoms with van der Waals surface area (Å²) < 4.78 is 10.6. The third-order valence-corrected chi connectivity index (χ3v) is 4.42. The van der Waals surface area contributed by atoms with Crippen molar-refractivity contribution in [2.75, 3.05) is 49.8 Å². The Kier molecular flexibility index (Phi) is 5.42. The minimum absolute atomic E-state index is 0.622. The van der Waals surface area contributed by atoms with E-state index in [9.17, 15) is 0 Å². The van der Waals surface area contributed by atoms with Crippen LogP contribution in [0.25, 0.3) is 0 Å². The number of nitrogens with zero attached hydrogens (tertiary/aromatic N) is 3. The van der Waals surface area contributed by atoms with Crippen LogP contribution in [0.4, 0.5) is 17.3 Å². The summed E-state index contributed by atoms with van der Waals surface area (Å²) in [5.74, 6) is 2.99. The third-order valence-electron chi connectivity index (χ3n) is 4.42. The number of hydrogen-bond donors (Lipinski definition) is 2. The number of nitrogen functional groups attached to an aromatic ring is 1. The van der Waals surface area contributed by atoms with Gasteiger partial charge in [0.1, 0.15) is 12.0 Å². The first-order valence-corrected chi connectivity index (χ1v) is 8.53. The van der Waals surface area contributed by atoms with Crippen LogP contribution in [-0.4, -0.2) is 43.8 Å². The van der Waals surface area contributed by atoms with Crippen LogP contribution in [0.3, 0.4) is 0 Å². The highest BCUT2D eigenvalue weighted by Gasteiger charge is 2.18. The van der Waals surface area contributed by atoms with Gasteiger partial charge in [0.05, 0.1) is 14.2 Å². The van der Waals surface area contributed by atoms with Crippen molar-refractivity contribution in [3.8, 4) is 11.5 Å². The normalized spacial score (nSPS) is 13.8. The lowest BCUT2D eigenvalue weighted by Crippen LogP contribution is -2.21. The maximum Gasteiger partial charge on any atom is 0.160 e. The van der Waals surface area contributed by atoms with E-state index in [0.29, 0.717) is 11.5 Å². The predicted octanol–water partition coefficient (Wildman–Crippen LogP) is 2.33. The number of rotatable bonds is 7. The molecule has 0 spiro atoms. The van der Waals surface area contributed by atoms with Crippen molar-refractivity contribution in [3.63, 3.8) is 0 Å². The van der Waals surface area contributed by atoms with Crippen LogP contribution in [0.1, 0.15) is 18.4 Å². The van der Waals surface area contributed by atoms with Crippen LogP contribution in [0.5, 0.6) is 11.5 Å². The predicted molar refractivity (Wildman–Crippen MR) is 99.6 cm³/mol. The molecule has 2 aromatic rings. The number of hydrogen-bond acceptors (Lipinski definition) is 7. The minimum Gasteiger partial charge on any atom is -0.493 e. The van der Waals surface area contributed by atoms with Gasteiger partial charge in [-0.05, 0) is 37.0 Å². The molecular formula is C18H25N5O2. The topological polar surface area (TPSA) is 85.5 Å². The number of nitrogens with one attached hydrogen (secondary N) is 1. The van der Waals surface area contributed by atoms with Crippen LogP contribution >= 0.6 is 0 Å². The molecule has 1 aliphatic heterocycles. The quantitative estimate of drug-likeness (QED) is 0.798. The molecule has 7 nitrogen and oxygen atoms in total. The second-order valence-electron chi connectivity index (χ2n) is 6.02. The maximum atomic E-state index is 6.26. The second-order valence-corrected chi connectivity index (χ2v) is 6.02. The fourth-order valence-corrected chi connectivity index (χ4v) is 3.07. The van der Waals surface area contributed by atoms with Crippen molar-refractivity contribution in [1.82, 2.24) is 9.97 Å². The van der Waals surface area contributed by atoms with E-state index < -0.39 is 0 Å². The third kappa shape index (κ3) is 3.87. The van der Waals surface area contributed by atoms with E-state index in [1.165, 1.54) is 12.8 Å². The fourth-order valence-electron chi connectivity index (χ4n) is 3.07. The summed E-state index contributed by atoms with van der Waals surface area (Å²) in [4.78, 5) is 10.9. The number of benzene rings is 1. The minimum atomic E-state index is 0.622. The number of anilines is 3. The van der Waals surface area contributed by atoms with E-state index in [1.807, 2.05) is 18.2 Å². The molecule has 1 saturated heterocycles. The Bertz CT molecular complexity index is 717. The molecule has 1 aromatic heterocycles. The summed E-state index contributed by atoms with van der Waals surface area (Å²) in [6.07, 6.45) is 4.77. The van der Waals surface area contributed by atoms with Crippen molar-refractivity contribution in [2.45, 2.75) is 19.3 Å². The standard InChI is InChI=1S/C18H25N5O2/c1-24-14-6-5-13(11-15(14)25-2)7-8-20-17-16(19)18(22-12-21-17)23-9-3-4-10-23/h5-6,11-12H,3-4,7-10,19H2,1-2H3,(H,20,21,22). The summed E-state index contributed by atoms with van der Waals surface area (Å²) in [7, 11) is 3.27. The molecule has 0 aliphatic carbocycles. The van der Waals surface area contributed by atoms with E-state index in [2.05, 4.69) is 20.2 Å². The first-order chi connectivity index (χ1) is 12.2. The van der Waals surface area contributed by atoms with E-state index in [-0.39, 0.29) is 0 Å². The molecular weight excluding hydrogens is 318 g/mol. The van der Waals surface area contributed by atoms with Gasteiger partial charge in [0.15, 0.2) is 23.1 Å². The van der Waals surface area contributed by atoms with Crippen LogP contribution in [0, 0.1) is 0 Å². The maximum absolute atomic E-state index is 6.26. The highest BCUT2D eigenvalue weighted by atomic mass is 16.5. The molecule has 0 radical (unpaired) electrons. The van der Waals surface area contributed by atoms with E-state index >= 15 is 0 Å². The molecule has 1 fully saturated rings. The molecule has 0 atom stereocenters. The zero-order valence-electron chi connectivity index (χ0n) is 14.8. The molecule has 3 rings (SSSR count). The Hall–Kier alpha value is -2.70. The summed E-state index contributed by atoms with van der Waals surface area (Å²) in [5.41, 5.74) is 8.03. The van der Waals surface area contributed by atoms with Crippen molar-refractivity contribution < 1.29 is 9.47 Å². The molecule has 0 saturated carbocycles. The van der Waals surface area contributed by atoms with Gasteiger partial charge in [-0.3, -0.25) is 0 Å². The van der Waals surface area contributed by atoms with Gasteiger partial charge in [0, 0.05) is 19.6 Å². The highest BCUT2D eigenvalue weighted by molar-refractivity contribution is 5.75. The van der Waals surface area contributed by atoms with Gasteiger partial charge in [-0.25, -0.2) is 9.97 Å². The van der Waals surface area contributed by atoms with Crippen molar-refractivity contribution in [1.29, 1.82) is 0 Å². The Morgan fingerprint density at radius 2 is 1.88 bits per heavy atom. The lowest BCUT2D eigenvalue weighted by Gasteiger charge is -2.19. The number of nitrogens with two attached hydrogens (primary N) is 1. The molecule has 0 amide bonds. The Balaban J connectivity index is 1.63. The van der Waals surface area contributed by atoms with Gasteiger partial charge in [-0.2, -0.15) is 0 Å². The van der Waals surface area contributed by atoms with Crippen LogP contribution in [0.15, 0.2) is 24.5 Å². The monoisotopic (exact) mass is 343 g/mol. The largest absolute Gasteiger partial charge is 0.493 e. The smallest absolute Gasteiger partial charge is 0.160 e. The van der Waals surface area contributed by atoms with E-state index in [0.717, 1.165) is 48.9 Å². The van der Waals surface area contributed by atoms with Crippen molar-refractivity contribution in [3.05, 3.63) is 30.1 Å². The lowest BCUT2D eigenvalue weighted by molar-refractivity contribution is 0.354. The number of aromatic nitrogens is 2. The number of ether oxygens (including phenoxy) is 2. The van der Waals surface area contributed by atoms with Crippen LogP contribution in [0.2, 0.25) is 0 Å². The average molecular weight is 343 g/mol. The Labute approximate surface area is 148 Å². The first-order valence-electron chi connectivity index (χ1n) is 8.53. The first kappa shape index (κ1) is 17.1. The molecule has 0 unspecified atom stereocenters. The number of methoxy groups -OCH3 is 2. The lowest BCUT2D eigenvalue weighted by atomic mass is 10.1. The molecule has 25 heavy (non-hydrogen) atoms. The zero-order valence-corrected chi connectivity index (χ0v) is 14.8. The molecule has 0 bridgehead atoms. The summed E-state index contributed by atoms with van der Waals surface area (Å²) >= 11 is 0. The fraction of sp³-hybridized carbons (Fsp3) is 0.444. The molecule has 7 heteroatoms. The highest BCUT2D eigenvalue weighted by Crippen LogP contribution is 2.29. The van der Waals surface area contributed by atoms with Gasteiger partial charge >= 0.3 is 0 Å². The summed E-state index contributed by atoms with van der Waals surface area (Å²) in [6, 6.07) is 5.93. The molecule has 134 valence electrons. The van der Waals surface area contributed by atoms with Crippen molar-refractivity contribution in [2.24, 2.45) is 0 Å². The molecule has 1 aliphatic rings. The molecule has 2 heterocycles. The summed E-state index contributed by atoms with van der Waals surface area (Å²) in [6.45, 7) is 2.73. The van der Waals surface area contributed by atoms with Crippen molar-refractivity contribution >= 4 is 17.3 Å². The zero-order chi connectivity index (χ0) is 17.6. The Morgan fingerprint density at radius 3 is 2.60 bits per heavy atom. The Morgan fingerprint density at radius 1 is 1.12 bits per heavy atom. The van der Waals surface area contributed by atoms with Gasteiger partial charge in [-0.15, -0.1) is 0 Å². The SMILES string of the molecule is COc1ccc(CCNc2ncnc(N3CCCC3)c2N)cc1OC. The van der Waals surface area contributed by atoms with Gasteiger partial charge in [0.2, 0.25) is 0 Å². The van der Waals surface area contributed by atoms with E-state index in [4.69, 9.17) is 15.2 Å². The van der Waals surface area contributed by atoms with Gasteiger partial charge in [0.25, 0.3) is 0 Å². The molecule has 1 aromatic carbocycles. The summed E-state index contributed by atoms with van der Waals surface area (Å²) in [5, 5.41) is 3.32. The van der Waals surface area contributed by atoms with Crippen LogP contribution in [-0.2, 0) is 6.42 Å². The van der Waals surface area contributed by atoms with E-state index in [1.54, 1.807) is 20.5 Å². The van der Waals surface area contributed by atoms with Crippen LogP contribution < -0.4 is 25.4 Å². The average Bonchev–Trinajstić information content (AvgIpc) is 3.17. The molecule has 3 N–H and O–H groups in total. The second kappa shape index (κ2) is 7.92. The van der Waals surface area contributed by atoms with Gasteiger partial charge < -0.3 is 25.4 Å². The van der Waals surface area contributed by atoms with Gasteiger partial charge in [-0.1, -0.05) is 6.07 Å².